The molecule has 0 radical (unpaired) electrons. The maximum absolute atomic E-state index is 6.05. The van der Waals surface area contributed by atoms with Gasteiger partial charge in [0, 0.05) is 44.1 Å². The zero-order valence-electron chi connectivity index (χ0n) is 16.6. The Morgan fingerprint density at radius 3 is 2.46 bits per heavy atom. The van der Waals surface area contributed by atoms with E-state index >= 15 is 0 Å². The first-order valence-corrected chi connectivity index (χ1v) is 10.7. The van der Waals surface area contributed by atoms with E-state index in [0.29, 0.717) is 12.5 Å². The first-order chi connectivity index (χ1) is 13.2. The highest BCUT2D eigenvalue weighted by molar-refractivity contribution is 14.0. The Kier molecular flexibility index (Phi) is 10.3. The van der Waals surface area contributed by atoms with Crippen LogP contribution in [0.2, 0.25) is 0 Å². The van der Waals surface area contributed by atoms with Gasteiger partial charge >= 0.3 is 0 Å². The van der Waals surface area contributed by atoms with E-state index in [2.05, 4.69) is 68.8 Å². The van der Waals surface area contributed by atoms with Crippen molar-refractivity contribution in [3.05, 3.63) is 57.8 Å². The number of benzene rings is 1. The van der Waals surface area contributed by atoms with Crippen molar-refractivity contribution in [1.29, 1.82) is 0 Å². The number of piperazine rings is 1. The van der Waals surface area contributed by atoms with Crippen molar-refractivity contribution in [2.24, 2.45) is 10.7 Å². The molecule has 7 heteroatoms. The summed E-state index contributed by atoms with van der Waals surface area (Å²) >= 11 is 1.78. The molecule has 0 saturated carbocycles. The average molecular weight is 513 g/mol. The highest BCUT2D eigenvalue weighted by Crippen LogP contribution is 2.14. The molecule has 0 bridgehead atoms. The summed E-state index contributed by atoms with van der Waals surface area (Å²) in [5, 5.41) is 5.32. The van der Waals surface area contributed by atoms with Crippen LogP contribution in [0.1, 0.15) is 22.9 Å². The summed E-state index contributed by atoms with van der Waals surface area (Å²) in [5.74, 6) is 0.526. The molecule has 0 spiro atoms. The Labute approximate surface area is 190 Å². The lowest BCUT2D eigenvalue weighted by atomic mass is 10.1. The fraction of sp³-hybridized carbons (Fsp3) is 0.476. The Morgan fingerprint density at radius 2 is 1.79 bits per heavy atom. The minimum absolute atomic E-state index is 0. The Balaban J connectivity index is 0.00000280. The number of hydrogen-bond donors (Lipinski definition) is 2. The molecule has 1 aromatic heterocycles. The summed E-state index contributed by atoms with van der Waals surface area (Å²) in [6.45, 7) is 10.4. The number of rotatable bonds is 8. The van der Waals surface area contributed by atoms with Gasteiger partial charge in [0.1, 0.15) is 0 Å². The molecule has 1 saturated heterocycles. The maximum Gasteiger partial charge on any atom is 0.188 e. The molecule has 3 rings (SSSR count). The third-order valence-electron chi connectivity index (χ3n) is 5.10. The predicted octanol–water partition coefficient (Wildman–Crippen LogP) is 3.15. The monoisotopic (exact) mass is 513 g/mol. The van der Waals surface area contributed by atoms with Gasteiger partial charge in [0.05, 0.1) is 6.54 Å². The summed E-state index contributed by atoms with van der Waals surface area (Å²) in [5.41, 5.74) is 8.67. The van der Waals surface area contributed by atoms with Crippen LogP contribution in [0.4, 0.5) is 0 Å². The van der Waals surface area contributed by atoms with Crippen LogP contribution in [0, 0.1) is 0 Å². The molecule has 1 aliphatic rings. The highest BCUT2D eigenvalue weighted by atomic mass is 127. The van der Waals surface area contributed by atoms with Crippen LogP contribution in [0.5, 0.6) is 0 Å². The van der Waals surface area contributed by atoms with E-state index in [4.69, 9.17) is 5.73 Å². The minimum Gasteiger partial charge on any atom is -0.370 e. The molecule has 0 amide bonds. The number of guanidine groups is 1. The fourth-order valence-electron chi connectivity index (χ4n) is 3.37. The predicted molar refractivity (Wildman–Crippen MR) is 131 cm³/mol. The molecular formula is C21H32IN5S. The van der Waals surface area contributed by atoms with E-state index in [1.54, 1.807) is 11.3 Å². The topological polar surface area (TPSA) is 56.9 Å². The van der Waals surface area contributed by atoms with Crippen molar-refractivity contribution in [1.82, 2.24) is 15.1 Å². The van der Waals surface area contributed by atoms with E-state index in [-0.39, 0.29) is 24.0 Å². The summed E-state index contributed by atoms with van der Waals surface area (Å²) in [6.07, 6.45) is 0.980. The van der Waals surface area contributed by atoms with E-state index in [1.165, 1.54) is 16.0 Å². The molecule has 2 heterocycles. The lowest BCUT2D eigenvalue weighted by Crippen LogP contribution is -2.45. The average Bonchev–Trinajstić information content (AvgIpc) is 3.21. The fourth-order valence-corrected chi connectivity index (χ4v) is 4.07. The van der Waals surface area contributed by atoms with Crippen LogP contribution in [0.15, 0.2) is 46.8 Å². The van der Waals surface area contributed by atoms with Crippen molar-refractivity contribution in [2.75, 3.05) is 39.3 Å². The number of nitrogens with zero attached hydrogens (tertiary/aromatic N) is 3. The first kappa shape index (κ1) is 23.1. The molecule has 1 aliphatic heterocycles. The number of nitrogens with two attached hydrogens (primary N) is 1. The molecule has 154 valence electrons. The molecule has 2 aromatic rings. The summed E-state index contributed by atoms with van der Waals surface area (Å²) < 4.78 is 0. The van der Waals surface area contributed by atoms with Crippen molar-refractivity contribution in [2.45, 2.75) is 26.4 Å². The van der Waals surface area contributed by atoms with Gasteiger partial charge in [-0.3, -0.25) is 4.90 Å². The second-order valence-electron chi connectivity index (χ2n) is 6.94. The van der Waals surface area contributed by atoms with Crippen LogP contribution in [0.25, 0.3) is 0 Å². The molecule has 28 heavy (non-hydrogen) atoms. The lowest BCUT2D eigenvalue weighted by molar-refractivity contribution is 0.131. The largest absolute Gasteiger partial charge is 0.370 e. The number of halogens is 1. The van der Waals surface area contributed by atoms with Crippen molar-refractivity contribution < 1.29 is 0 Å². The van der Waals surface area contributed by atoms with E-state index in [0.717, 1.165) is 52.2 Å². The van der Waals surface area contributed by atoms with E-state index < -0.39 is 0 Å². The number of nitrogens with one attached hydrogen (secondary N) is 1. The number of likely N-dealkylation sites (N-methyl/N-ethyl adjacent to an activating group) is 1. The second kappa shape index (κ2) is 12.4. The van der Waals surface area contributed by atoms with Crippen LogP contribution in [-0.4, -0.2) is 55.0 Å². The Hall–Kier alpha value is -1.16. The summed E-state index contributed by atoms with van der Waals surface area (Å²) in [4.78, 5) is 11.0. The lowest BCUT2D eigenvalue weighted by Gasteiger charge is -2.34. The number of thiophene rings is 1. The molecule has 1 fully saturated rings. The van der Waals surface area contributed by atoms with Crippen molar-refractivity contribution in [3.8, 4) is 0 Å². The number of aliphatic imine (C=N–C) groups is 1. The van der Waals surface area contributed by atoms with Gasteiger partial charge in [0.2, 0.25) is 0 Å². The van der Waals surface area contributed by atoms with Crippen LogP contribution in [0.3, 0.4) is 0 Å². The normalized spacial score (nSPS) is 16.0. The van der Waals surface area contributed by atoms with Crippen LogP contribution >= 0.6 is 35.3 Å². The molecule has 5 nitrogen and oxygen atoms in total. The minimum atomic E-state index is 0. The Bertz CT molecular complexity index is 711. The van der Waals surface area contributed by atoms with Gasteiger partial charge in [-0.05, 0) is 35.5 Å². The van der Waals surface area contributed by atoms with Crippen LogP contribution in [-0.2, 0) is 19.5 Å². The number of hydrogen-bond acceptors (Lipinski definition) is 4. The van der Waals surface area contributed by atoms with Gasteiger partial charge < -0.3 is 16.0 Å². The van der Waals surface area contributed by atoms with Gasteiger partial charge in [-0.2, -0.15) is 0 Å². The maximum atomic E-state index is 6.05. The zero-order chi connectivity index (χ0) is 18.9. The van der Waals surface area contributed by atoms with E-state index in [1.807, 2.05) is 0 Å². The molecular weight excluding hydrogens is 481 g/mol. The highest BCUT2D eigenvalue weighted by Gasteiger charge is 2.16. The SMILES string of the molecule is CCN1CCN(Cc2ccccc2CN=C(N)NCCc2cccs2)CC1.I. The van der Waals surface area contributed by atoms with Gasteiger partial charge in [0.25, 0.3) is 0 Å². The van der Waals surface area contributed by atoms with Gasteiger partial charge in [-0.1, -0.05) is 37.3 Å². The molecule has 0 aliphatic carbocycles. The quantitative estimate of drug-likeness (QED) is 0.324. The van der Waals surface area contributed by atoms with Gasteiger partial charge in [0.15, 0.2) is 5.96 Å². The van der Waals surface area contributed by atoms with Crippen LogP contribution < -0.4 is 11.1 Å². The van der Waals surface area contributed by atoms with Gasteiger partial charge in [-0.25, -0.2) is 4.99 Å². The van der Waals surface area contributed by atoms with Crippen molar-refractivity contribution in [3.63, 3.8) is 0 Å². The third kappa shape index (κ3) is 7.35. The van der Waals surface area contributed by atoms with Gasteiger partial charge in [-0.15, -0.1) is 35.3 Å². The molecule has 1 aromatic carbocycles. The first-order valence-electron chi connectivity index (χ1n) is 9.82. The zero-order valence-corrected chi connectivity index (χ0v) is 19.8. The smallest absolute Gasteiger partial charge is 0.188 e. The standard InChI is InChI=1S/C21H31N5S.HI/c1-2-25-11-13-26(14-12-25)17-19-7-4-3-6-18(19)16-24-21(22)23-10-9-20-8-5-15-27-20;/h3-8,15H,2,9-14,16-17H2,1H3,(H3,22,23,24);1H. The van der Waals surface area contributed by atoms with E-state index in [9.17, 15) is 0 Å². The van der Waals surface area contributed by atoms with Crippen molar-refractivity contribution >= 4 is 41.3 Å². The summed E-state index contributed by atoms with van der Waals surface area (Å²) in [6, 6.07) is 12.8. The molecule has 0 atom stereocenters. The molecule has 3 N–H and O–H groups in total. The Morgan fingerprint density at radius 1 is 1.07 bits per heavy atom. The summed E-state index contributed by atoms with van der Waals surface area (Å²) in [7, 11) is 0. The molecule has 0 unspecified atom stereocenters. The third-order valence-corrected chi connectivity index (χ3v) is 6.04. The second-order valence-corrected chi connectivity index (χ2v) is 7.97.